The summed E-state index contributed by atoms with van der Waals surface area (Å²) in [5, 5.41) is 11.6. The number of rotatable bonds is 3. The molecule has 1 heterocycles. The predicted molar refractivity (Wildman–Crippen MR) is 93.0 cm³/mol. The molecule has 2 aromatic rings. The Morgan fingerprint density at radius 3 is 2.36 bits per heavy atom. The second kappa shape index (κ2) is 6.39. The molecule has 0 saturated carbocycles. The van der Waals surface area contributed by atoms with E-state index < -0.39 is 23.8 Å². The molecule has 25 heavy (non-hydrogen) atoms. The molecule has 6 nitrogen and oxygen atoms in total. The number of benzene rings is 2. The van der Waals surface area contributed by atoms with Crippen molar-refractivity contribution in [3.63, 3.8) is 0 Å². The first-order valence-electron chi connectivity index (χ1n) is 7.91. The van der Waals surface area contributed by atoms with Gasteiger partial charge in [0.05, 0.1) is 5.69 Å². The second-order valence-corrected chi connectivity index (χ2v) is 6.00. The fourth-order valence-electron chi connectivity index (χ4n) is 2.95. The Bertz CT molecular complexity index is 862. The van der Waals surface area contributed by atoms with Gasteiger partial charge in [-0.25, -0.2) is 0 Å². The summed E-state index contributed by atoms with van der Waals surface area (Å²) in [6, 6.07) is 13.9. The maximum absolute atomic E-state index is 13.0. The van der Waals surface area contributed by atoms with Gasteiger partial charge in [0.1, 0.15) is 12.0 Å². The Hall–Kier alpha value is -3.15. The van der Waals surface area contributed by atoms with E-state index in [-0.39, 0.29) is 5.91 Å². The maximum atomic E-state index is 13.0. The van der Waals surface area contributed by atoms with Crippen LogP contribution in [-0.4, -0.2) is 29.9 Å². The Kier molecular flexibility index (Phi) is 4.27. The van der Waals surface area contributed by atoms with Crippen LogP contribution in [0.2, 0.25) is 0 Å². The highest BCUT2D eigenvalue weighted by atomic mass is 16.4. The third-order valence-corrected chi connectivity index (χ3v) is 4.46. The van der Waals surface area contributed by atoms with Crippen LogP contribution in [-0.2, 0) is 14.4 Å². The number of carboxylic acid groups (broad SMARTS) is 1. The number of para-hydroxylation sites is 1. The summed E-state index contributed by atoms with van der Waals surface area (Å²) in [6.45, 7) is 1.29. The van der Waals surface area contributed by atoms with Crippen molar-refractivity contribution < 1.29 is 19.5 Å². The van der Waals surface area contributed by atoms with Gasteiger partial charge in [-0.1, -0.05) is 42.5 Å². The van der Waals surface area contributed by atoms with Crippen molar-refractivity contribution >= 4 is 23.5 Å². The van der Waals surface area contributed by atoms with Crippen molar-refractivity contribution in [2.75, 3.05) is 11.9 Å². The van der Waals surface area contributed by atoms with Crippen LogP contribution in [0.25, 0.3) is 11.1 Å². The smallest absolute Gasteiger partial charge is 0.315 e. The lowest BCUT2D eigenvalue weighted by atomic mass is 9.95. The van der Waals surface area contributed by atoms with Crippen LogP contribution in [0, 0.1) is 5.92 Å². The van der Waals surface area contributed by atoms with Gasteiger partial charge in [0.25, 0.3) is 5.91 Å². The fourth-order valence-corrected chi connectivity index (χ4v) is 2.95. The average molecular weight is 338 g/mol. The lowest BCUT2D eigenvalue weighted by Gasteiger charge is -2.23. The van der Waals surface area contributed by atoms with Crippen molar-refractivity contribution in [3.05, 3.63) is 54.1 Å². The van der Waals surface area contributed by atoms with Gasteiger partial charge in [0.2, 0.25) is 5.91 Å². The number of carboxylic acids is 1. The first-order chi connectivity index (χ1) is 11.9. The fraction of sp³-hybridized carbons (Fsp3) is 0.211. The lowest BCUT2D eigenvalue weighted by Crippen LogP contribution is -2.43. The van der Waals surface area contributed by atoms with Gasteiger partial charge in [-0.3, -0.25) is 14.4 Å². The van der Waals surface area contributed by atoms with E-state index in [4.69, 9.17) is 5.11 Å². The Balaban J connectivity index is 2.10. The quantitative estimate of drug-likeness (QED) is 0.840. The third kappa shape index (κ3) is 2.87. The SMILES string of the molecule is CC(C(=O)O)C(=O)NC1C(=O)N(C)c2ccccc2-c2ccccc21. The van der Waals surface area contributed by atoms with Crippen molar-refractivity contribution in [2.24, 2.45) is 5.92 Å². The highest BCUT2D eigenvalue weighted by Crippen LogP contribution is 2.39. The van der Waals surface area contributed by atoms with E-state index in [0.717, 1.165) is 16.8 Å². The Morgan fingerprint density at radius 2 is 1.68 bits per heavy atom. The van der Waals surface area contributed by atoms with Crippen LogP contribution in [0.3, 0.4) is 0 Å². The van der Waals surface area contributed by atoms with Crippen molar-refractivity contribution in [1.82, 2.24) is 5.32 Å². The van der Waals surface area contributed by atoms with Crippen molar-refractivity contribution in [2.45, 2.75) is 13.0 Å². The molecule has 128 valence electrons. The molecule has 0 radical (unpaired) electrons. The van der Waals surface area contributed by atoms with E-state index in [0.29, 0.717) is 5.56 Å². The summed E-state index contributed by atoms with van der Waals surface area (Å²) in [5.74, 6) is -3.48. The van der Waals surface area contributed by atoms with E-state index in [1.165, 1.54) is 11.8 Å². The molecular weight excluding hydrogens is 320 g/mol. The number of likely N-dealkylation sites (N-methyl/N-ethyl adjacent to an activating group) is 1. The van der Waals surface area contributed by atoms with Gasteiger partial charge in [0.15, 0.2) is 0 Å². The molecule has 2 amide bonds. The molecule has 2 unspecified atom stereocenters. The number of hydrogen-bond acceptors (Lipinski definition) is 3. The van der Waals surface area contributed by atoms with Crippen molar-refractivity contribution in [3.8, 4) is 11.1 Å². The summed E-state index contributed by atoms with van der Waals surface area (Å²) in [6.07, 6.45) is 0. The first-order valence-corrected chi connectivity index (χ1v) is 7.91. The lowest BCUT2D eigenvalue weighted by molar-refractivity contribution is -0.147. The largest absolute Gasteiger partial charge is 0.481 e. The molecule has 0 saturated heterocycles. The van der Waals surface area contributed by atoms with E-state index >= 15 is 0 Å². The zero-order valence-corrected chi connectivity index (χ0v) is 13.9. The minimum atomic E-state index is -1.24. The van der Waals surface area contributed by atoms with Gasteiger partial charge < -0.3 is 15.3 Å². The summed E-state index contributed by atoms with van der Waals surface area (Å²) in [4.78, 5) is 37.8. The van der Waals surface area contributed by atoms with Gasteiger partial charge in [-0.05, 0) is 24.1 Å². The van der Waals surface area contributed by atoms with Gasteiger partial charge in [0, 0.05) is 12.6 Å². The van der Waals surface area contributed by atoms with Crippen LogP contribution in [0.1, 0.15) is 18.5 Å². The monoisotopic (exact) mass is 338 g/mol. The number of nitrogens with zero attached hydrogens (tertiary/aromatic N) is 1. The normalized spacial score (nSPS) is 17.1. The number of aliphatic carboxylic acids is 1. The number of hydrogen-bond donors (Lipinski definition) is 2. The molecule has 2 atom stereocenters. The van der Waals surface area contributed by atoms with Crippen LogP contribution < -0.4 is 10.2 Å². The Morgan fingerprint density at radius 1 is 1.08 bits per heavy atom. The Labute approximate surface area is 145 Å². The van der Waals surface area contributed by atoms with E-state index in [9.17, 15) is 14.4 Å². The molecule has 0 bridgehead atoms. The van der Waals surface area contributed by atoms with E-state index in [1.807, 2.05) is 36.4 Å². The number of fused-ring (bicyclic) bond motifs is 3. The molecule has 1 aliphatic rings. The molecule has 6 heteroatoms. The number of carbonyl (C=O) groups is 3. The van der Waals surface area contributed by atoms with Crippen LogP contribution in [0.4, 0.5) is 5.69 Å². The first kappa shape index (κ1) is 16.7. The summed E-state index contributed by atoms with van der Waals surface area (Å²) in [7, 11) is 1.65. The number of anilines is 1. The highest BCUT2D eigenvalue weighted by molar-refractivity contribution is 6.07. The molecule has 1 aliphatic heterocycles. The number of nitrogens with one attached hydrogen (secondary N) is 1. The molecule has 0 aliphatic carbocycles. The molecule has 2 N–H and O–H groups in total. The van der Waals surface area contributed by atoms with E-state index in [2.05, 4.69) is 5.32 Å². The standard InChI is InChI=1S/C19H18N2O4/c1-11(19(24)25)17(22)20-16-14-9-4-3-7-12(14)13-8-5-6-10-15(13)21(2)18(16)23/h3-11,16H,1-2H3,(H,20,22)(H,24,25). The molecule has 3 rings (SSSR count). The zero-order chi connectivity index (χ0) is 18.1. The van der Waals surface area contributed by atoms with Gasteiger partial charge in [-0.2, -0.15) is 0 Å². The number of carbonyl (C=O) groups excluding carboxylic acids is 2. The van der Waals surface area contributed by atoms with Gasteiger partial charge >= 0.3 is 5.97 Å². The molecule has 0 spiro atoms. The molecule has 2 aromatic carbocycles. The second-order valence-electron chi connectivity index (χ2n) is 6.00. The average Bonchev–Trinajstić information content (AvgIpc) is 2.71. The molecular formula is C19H18N2O4. The molecule has 0 aromatic heterocycles. The highest BCUT2D eigenvalue weighted by Gasteiger charge is 2.34. The summed E-state index contributed by atoms with van der Waals surface area (Å²) in [5.41, 5.74) is 3.11. The zero-order valence-electron chi connectivity index (χ0n) is 13.9. The minimum Gasteiger partial charge on any atom is -0.481 e. The minimum absolute atomic E-state index is 0.316. The summed E-state index contributed by atoms with van der Waals surface area (Å²) < 4.78 is 0. The van der Waals surface area contributed by atoms with Crippen LogP contribution in [0.15, 0.2) is 48.5 Å². The number of amides is 2. The van der Waals surface area contributed by atoms with E-state index in [1.54, 1.807) is 19.2 Å². The third-order valence-electron chi connectivity index (χ3n) is 4.46. The van der Waals surface area contributed by atoms with Crippen molar-refractivity contribution in [1.29, 1.82) is 0 Å². The van der Waals surface area contributed by atoms with Gasteiger partial charge in [-0.15, -0.1) is 0 Å². The molecule has 0 fully saturated rings. The van der Waals surface area contributed by atoms with Crippen LogP contribution in [0.5, 0.6) is 0 Å². The maximum Gasteiger partial charge on any atom is 0.315 e. The van der Waals surface area contributed by atoms with Crippen LogP contribution >= 0.6 is 0 Å². The summed E-state index contributed by atoms with van der Waals surface area (Å²) >= 11 is 0. The predicted octanol–water partition coefficient (Wildman–Crippen LogP) is 2.21. The topological polar surface area (TPSA) is 86.7 Å².